The summed E-state index contributed by atoms with van der Waals surface area (Å²) in [5.41, 5.74) is 1.20. The molecule has 1 aromatic carbocycles. The number of carbonyl (C=O) groups is 2. The second-order valence-electron chi connectivity index (χ2n) is 7.04. The Balaban J connectivity index is 1.63. The van der Waals surface area contributed by atoms with Gasteiger partial charge in [0.25, 0.3) is 0 Å². The third kappa shape index (κ3) is 6.77. The molecular formula is C21H33N3O3. The summed E-state index contributed by atoms with van der Waals surface area (Å²) in [5.74, 6) is 1.02. The van der Waals surface area contributed by atoms with E-state index in [0.29, 0.717) is 45.6 Å². The van der Waals surface area contributed by atoms with Crippen LogP contribution in [0.15, 0.2) is 24.3 Å². The number of amides is 3. The van der Waals surface area contributed by atoms with Crippen LogP contribution in [-0.4, -0.2) is 60.6 Å². The molecule has 1 aromatic rings. The van der Waals surface area contributed by atoms with Gasteiger partial charge in [0.2, 0.25) is 5.91 Å². The summed E-state index contributed by atoms with van der Waals surface area (Å²) in [6.07, 6.45) is 2.85. The molecule has 3 amide bonds. The van der Waals surface area contributed by atoms with E-state index in [1.165, 1.54) is 5.56 Å². The molecule has 1 saturated heterocycles. The molecule has 0 bridgehead atoms. The number of benzene rings is 1. The van der Waals surface area contributed by atoms with Crippen LogP contribution in [0, 0.1) is 6.92 Å². The maximum Gasteiger partial charge on any atom is 0.317 e. The molecule has 0 aromatic heterocycles. The molecule has 6 nitrogen and oxygen atoms in total. The zero-order valence-corrected chi connectivity index (χ0v) is 16.9. The first kappa shape index (κ1) is 21.1. The predicted molar refractivity (Wildman–Crippen MR) is 107 cm³/mol. The molecule has 2 rings (SSSR count). The minimum Gasteiger partial charge on any atom is -0.494 e. The van der Waals surface area contributed by atoms with Crippen LogP contribution >= 0.6 is 0 Å². The van der Waals surface area contributed by atoms with E-state index in [-0.39, 0.29) is 18.0 Å². The molecule has 0 atom stereocenters. The van der Waals surface area contributed by atoms with Gasteiger partial charge in [0.15, 0.2) is 0 Å². The van der Waals surface area contributed by atoms with Gasteiger partial charge in [-0.25, -0.2) is 4.79 Å². The van der Waals surface area contributed by atoms with E-state index in [0.717, 1.165) is 18.6 Å². The number of carbonyl (C=O) groups excluding carboxylic acids is 2. The van der Waals surface area contributed by atoms with E-state index in [2.05, 4.69) is 5.32 Å². The van der Waals surface area contributed by atoms with Crippen LogP contribution in [-0.2, 0) is 4.79 Å². The Bertz CT molecular complexity index is 591. The lowest BCUT2D eigenvalue weighted by Gasteiger charge is -2.33. The van der Waals surface area contributed by atoms with Gasteiger partial charge in [-0.15, -0.1) is 0 Å². The number of likely N-dealkylation sites (tertiary alicyclic amines) is 1. The van der Waals surface area contributed by atoms with Crippen LogP contribution in [0.4, 0.5) is 4.79 Å². The fourth-order valence-electron chi connectivity index (χ4n) is 3.26. The van der Waals surface area contributed by atoms with Gasteiger partial charge in [0, 0.05) is 38.6 Å². The normalized spacial score (nSPS) is 14.7. The Labute approximate surface area is 162 Å². The Morgan fingerprint density at radius 2 is 1.78 bits per heavy atom. The highest BCUT2D eigenvalue weighted by atomic mass is 16.5. The average Bonchev–Trinajstić information content (AvgIpc) is 2.68. The van der Waals surface area contributed by atoms with Gasteiger partial charge >= 0.3 is 6.03 Å². The minimum atomic E-state index is -0.00182. The summed E-state index contributed by atoms with van der Waals surface area (Å²) in [4.78, 5) is 28.2. The molecule has 0 aliphatic carbocycles. The zero-order valence-electron chi connectivity index (χ0n) is 16.9. The van der Waals surface area contributed by atoms with Crippen molar-refractivity contribution >= 4 is 11.9 Å². The van der Waals surface area contributed by atoms with E-state index in [4.69, 9.17) is 4.74 Å². The monoisotopic (exact) mass is 375 g/mol. The summed E-state index contributed by atoms with van der Waals surface area (Å²) in [7, 11) is 0. The number of aryl methyl sites for hydroxylation is 1. The van der Waals surface area contributed by atoms with Crippen LogP contribution in [0.2, 0.25) is 0 Å². The summed E-state index contributed by atoms with van der Waals surface area (Å²) < 4.78 is 5.68. The first-order chi connectivity index (χ1) is 13.0. The number of hydrogen-bond donors (Lipinski definition) is 1. The number of rotatable bonds is 8. The van der Waals surface area contributed by atoms with Crippen LogP contribution in [0.25, 0.3) is 0 Å². The van der Waals surface area contributed by atoms with Crippen molar-refractivity contribution in [2.75, 3.05) is 32.8 Å². The summed E-state index contributed by atoms with van der Waals surface area (Å²) in [6, 6.07) is 8.10. The molecule has 0 spiro atoms. The Hall–Kier alpha value is -2.24. The number of hydrogen-bond acceptors (Lipinski definition) is 3. The molecule has 6 heteroatoms. The molecule has 1 heterocycles. The molecular weight excluding hydrogens is 342 g/mol. The van der Waals surface area contributed by atoms with Crippen molar-refractivity contribution in [3.8, 4) is 5.75 Å². The zero-order chi connectivity index (χ0) is 19.6. The smallest absolute Gasteiger partial charge is 0.317 e. The van der Waals surface area contributed by atoms with Crippen molar-refractivity contribution in [3.63, 3.8) is 0 Å². The van der Waals surface area contributed by atoms with Crippen molar-refractivity contribution < 1.29 is 14.3 Å². The predicted octanol–water partition coefficient (Wildman–Crippen LogP) is 3.20. The Morgan fingerprint density at radius 3 is 2.37 bits per heavy atom. The quantitative estimate of drug-likeness (QED) is 0.710. The topological polar surface area (TPSA) is 61.9 Å². The van der Waals surface area contributed by atoms with E-state index in [9.17, 15) is 9.59 Å². The first-order valence-electron chi connectivity index (χ1n) is 10.1. The van der Waals surface area contributed by atoms with Gasteiger partial charge < -0.3 is 19.9 Å². The van der Waals surface area contributed by atoms with Crippen molar-refractivity contribution in [2.24, 2.45) is 0 Å². The lowest BCUT2D eigenvalue weighted by Crippen LogP contribution is -2.50. The number of nitrogens with zero attached hydrogens (tertiary/aromatic N) is 2. The molecule has 1 aliphatic rings. The number of nitrogens with one attached hydrogen (secondary N) is 1. The average molecular weight is 376 g/mol. The highest BCUT2D eigenvalue weighted by Crippen LogP contribution is 2.14. The van der Waals surface area contributed by atoms with Crippen molar-refractivity contribution in [1.82, 2.24) is 15.1 Å². The van der Waals surface area contributed by atoms with Crippen LogP contribution < -0.4 is 10.1 Å². The molecule has 1 fully saturated rings. The van der Waals surface area contributed by atoms with Gasteiger partial charge in [0.05, 0.1) is 6.61 Å². The van der Waals surface area contributed by atoms with Gasteiger partial charge in [-0.1, -0.05) is 17.7 Å². The SMILES string of the molecule is CCN(CC)C(=O)NC1CCN(C(=O)CCCOc2ccc(C)cc2)CC1. The molecule has 1 aliphatic heterocycles. The second kappa shape index (κ2) is 10.8. The van der Waals surface area contributed by atoms with Crippen LogP contribution in [0.1, 0.15) is 45.1 Å². The summed E-state index contributed by atoms with van der Waals surface area (Å²) in [5, 5.41) is 3.08. The fourth-order valence-corrected chi connectivity index (χ4v) is 3.26. The maximum absolute atomic E-state index is 12.4. The van der Waals surface area contributed by atoms with Gasteiger partial charge in [0.1, 0.15) is 5.75 Å². The van der Waals surface area contributed by atoms with Crippen molar-refractivity contribution in [1.29, 1.82) is 0 Å². The Kier molecular flexibility index (Phi) is 8.43. The maximum atomic E-state index is 12.4. The van der Waals surface area contributed by atoms with E-state index in [1.807, 2.05) is 49.9 Å². The molecule has 0 radical (unpaired) electrons. The summed E-state index contributed by atoms with van der Waals surface area (Å²) >= 11 is 0. The third-order valence-electron chi connectivity index (χ3n) is 5.05. The van der Waals surface area contributed by atoms with Crippen molar-refractivity contribution in [2.45, 2.75) is 52.5 Å². The standard InChI is InChI=1S/C21H33N3O3/c1-4-23(5-2)21(26)22-18-12-14-24(15-13-18)20(25)7-6-16-27-19-10-8-17(3)9-11-19/h8-11,18H,4-7,12-16H2,1-3H3,(H,22,26). The lowest BCUT2D eigenvalue weighted by atomic mass is 10.0. The van der Waals surface area contributed by atoms with Gasteiger partial charge in [-0.05, 0) is 52.2 Å². The molecule has 0 saturated carbocycles. The molecule has 27 heavy (non-hydrogen) atoms. The van der Waals surface area contributed by atoms with E-state index >= 15 is 0 Å². The third-order valence-corrected chi connectivity index (χ3v) is 5.05. The van der Waals surface area contributed by atoms with E-state index < -0.39 is 0 Å². The van der Waals surface area contributed by atoms with Gasteiger partial charge in [-0.3, -0.25) is 4.79 Å². The minimum absolute atomic E-state index is 0.00182. The van der Waals surface area contributed by atoms with E-state index in [1.54, 1.807) is 4.90 Å². The largest absolute Gasteiger partial charge is 0.494 e. The molecule has 1 N–H and O–H groups in total. The second-order valence-corrected chi connectivity index (χ2v) is 7.04. The fraction of sp³-hybridized carbons (Fsp3) is 0.619. The molecule has 0 unspecified atom stereocenters. The number of urea groups is 1. The molecule has 150 valence electrons. The first-order valence-corrected chi connectivity index (χ1v) is 10.1. The van der Waals surface area contributed by atoms with Crippen molar-refractivity contribution in [3.05, 3.63) is 29.8 Å². The van der Waals surface area contributed by atoms with Crippen LogP contribution in [0.3, 0.4) is 0 Å². The number of piperidine rings is 1. The van der Waals surface area contributed by atoms with Crippen LogP contribution in [0.5, 0.6) is 5.75 Å². The lowest BCUT2D eigenvalue weighted by molar-refractivity contribution is -0.132. The summed E-state index contributed by atoms with van der Waals surface area (Å²) in [6.45, 7) is 9.39. The number of ether oxygens (including phenoxy) is 1. The highest BCUT2D eigenvalue weighted by molar-refractivity contribution is 5.76. The van der Waals surface area contributed by atoms with Gasteiger partial charge in [-0.2, -0.15) is 0 Å². The Morgan fingerprint density at radius 1 is 1.15 bits per heavy atom. The highest BCUT2D eigenvalue weighted by Gasteiger charge is 2.24.